The van der Waals surface area contributed by atoms with Crippen LogP contribution in [0.2, 0.25) is 0 Å². The molecule has 1 aromatic heterocycles. The molecule has 1 heterocycles. The summed E-state index contributed by atoms with van der Waals surface area (Å²) in [7, 11) is 2.14. The van der Waals surface area contributed by atoms with Gasteiger partial charge in [0.25, 0.3) is 0 Å². The third-order valence-electron chi connectivity index (χ3n) is 4.38. The summed E-state index contributed by atoms with van der Waals surface area (Å²) >= 11 is 0. The number of aromatic nitrogens is 1. The van der Waals surface area contributed by atoms with Crippen LogP contribution < -0.4 is 10.6 Å². The number of guanidine groups is 1. The van der Waals surface area contributed by atoms with Crippen molar-refractivity contribution in [2.75, 3.05) is 20.1 Å². The first-order chi connectivity index (χ1) is 12.5. The molecule has 6 nitrogen and oxygen atoms in total. The van der Waals surface area contributed by atoms with Gasteiger partial charge in [-0.3, -0.25) is 4.90 Å². The lowest BCUT2D eigenvalue weighted by Gasteiger charge is -2.25. The van der Waals surface area contributed by atoms with Crippen molar-refractivity contribution in [3.8, 4) is 0 Å². The fraction of sp³-hybridized carbons (Fsp3) is 0.500. The Morgan fingerprint density at radius 1 is 1.22 bits per heavy atom. The zero-order valence-electron chi connectivity index (χ0n) is 17.0. The summed E-state index contributed by atoms with van der Waals surface area (Å²) in [6, 6.07) is 10.9. The largest absolute Gasteiger partial charge is 0.444 e. The summed E-state index contributed by atoms with van der Waals surface area (Å²) in [5.41, 5.74) is 2.24. The second kappa shape index (κ2) is 12.0. The maximum absolute atomic E-state index is 5.59. The number of rotatable bonds is 8. The second-order valence-corrected chi connectivity index (χ2v) is 6.58. The molecule has 1 atom stereocenters. The maximum atomic E-state index is 5.59. The number of hydrogen-bond acceptors (Lipinski definition) is 4. The molecule has 0 aliphatic heterocycles. The lowest BCUT2D eigenvalue weighted by molar-refractivity contribution is 0.249. The Morgan fingerprint density at radius 2 is 1.93 bits per heavy atom. The van der Waals surface area contributed by atoms with Crippen LogP contribution in [0.5, 0.6) is 0 Å². The molecule has 27 heavy (non-hydrogen) atoms. The summed E-state index contributed by atoms with van der Waals surface area (Å²) in [6.45, 7) is 11.1. The molecule has 0 aliphatic carbocycles. The van der Waals surface area contributed by atoms with E-state index in [0.717, 1.165) is 37.0 Å². The van der Waals surface area contributed by atoms with Gasteiger partial charge in [0, 0.05) is 25.7 Å². The highest BCUT2D eigenvalue weighted by atomic mass is 127. The Balaban J connectivity index is 0.00000364. The van der Waals surface area contributed by atoms with Crippen molar-refractivity contribution >= 4 is 29.9 Å². The average molecular weight is 485 g/mol. The number of nitrogens with one attached hydrogen (secondary N) is 2. The molecule has 0 saturated carbocycles. The highest BCUT2D eigenvalue weighted by molar-refractivity contribution is 14.0. The minimum atomic E-state index is 0. The first kappa shape index (κ1) is 23.4. The highest BCUT2D eigenvalue weighted by Gasteiger charge is 2.11. The molecular weight excluding hydrogens is 453 g/mol. The van der Waals surface area contributed by atoms with Gasteiger partial charge in [0.1, 0.15) is 12.3 Å². The molecule has 0 saturated heterocycles. The maximum Gasteiger partial charge on any atom is 0.216 e. The summed E-state index contributed by atoms with van der Waals surface area (Å²) in [6.07, 6.45) is 0. The molecule has 0 fully saturated rings. The summed E-state index contributed by atoms with van der Waals surface area (Å²) in [5, 5.41) is 6.68. The SMILES string of the molecule is CCNC(=NCc1nc(C)c(C)o1)NCC(C)N(C)Cc1ccccc1.I. The number of halogens is 1. The smallest absolute Gasteiger partial charge is 0.216 e. The molecule has 0 bridgehead atoms. The van der Waals surface area contributed by atoms with Crippen molar-refractivity contribution in [2.24, 2.45) is 4.99 Å². The minimum Gasteiger partial charge on any atom is -0.444 e. The Hall–Kier alpha value is -1.61. The van der Waals surface area contributed by atoms with E-state index in [1.54, 1.807) is 0 Å². The van der Waals surface area contributed by atoms with Crippen LogP contribution in [0.25, 0.3) is 0 Å². The van der Waals surface area contributed by atoms with Crippen LogP contribution in [-0.2, 0) is 13.1 Å². The van der Waals surface area contributed by atoms with E-state index in [9.17, 15) is 0 Å². The first-order valence-electron chi connectivity index (χ1n) is 9.18. The van der Waals surface area contributed by atoms with Gasteiger partial charge in [-0.25, -0.2) is 9.98 Å². The zero-order valence-corrected chi connectivity index (χ0v) is 19.3. The van der Waals surface area contributed by atoms with Crippen molar-refractivity contribution in [3.05, 3.63) is 53.2 Å². The third kappa shape index (κ3) is 7.88. The lowest BCUT2D eigenvalue weighted by Crippen LogP contribution is -2.44. The molecule has 0 aliphatic rings. The summed E-state index contributed by atoms with van der Waals surface area (Å²) in [5.74, 6) is 2.27. The van der Waals surface area contributed by atoms with E-state index in [-0.39, 0.29) is 24.0 Å². The number of aliphatic imine (C=N–C) groups is 1. The van der Waals surface area contributed by atoms with Gasteiger partial charge in [0.05, 0.1) is 5.69 Å². The van der Waals surface area contributed by atoms with E-state index in [2.05, 4.69) is 70.7 Å². The van der Waals surface area contributed by atoms with Gasteiger partial charge in [-0.1, -0.05) is 30.3 Å². The van der Waals surface area contributed by atoms with Crippen molar-refractivity contribution < 1.29 is 4.42 Å². The molecule has 1 aromatic carbocycles. The lowest BCUT2D eigenvalue weighted by atomic mass is 10.2. The van der Waals surface area contributed by atoms with Crippen LogP contribution in [0.15, 0.2) is 39.7 Å². The van der Waals surface area contributed by atoms with Gasteiger partial charge < -0.3 is 15.1 Å². The first-order valence-corrected chi connectivity index (χ1v) is 9.18. The Bertz CT molecular complexity index is 682. The van der Waals surface area contributed by atoms with Gasteiger partial charge in [0.2, 0.25) is 5.89 Å². The van der Waals surface area contributed by atoms with Crippen molar-refractivity contribution in [2.45, 2.75) is 46.8 Å². The minimum absolute atomic E-state index is 0. The molecule has 150 valence electrons. The van der Waals surface area contributed by atoms with Crippen LogP contribution in [-0.4, -0.2) is 42.0 Å². The van der Waals surface area contributed by atoms with Gasteiger partial charge in [0.15, 0.2) is 5.96 Å². The molecule has 0 amide bonds. The van der Waals surface area contributed by atoms with Crippen LogP contribution in [0.4, 0.5) is 0 Å². The third-order valence-corrected chi connectivity index (χ3v) is 4.38. The number of benzene rings is 1. The normalized spacial score (nSPS) is 12.6. The molecule has 0 spiro atoms. The quantitative estimate of drug-likeness (QED) is 0.341. The van der Waals surface area contributed by atoms with Crippen molar-refractivity contribution in [1.29, 1.82) is 0 Å². The predicted molar refractivity (Wildman–Crippen MR) is 122 cm³/mol. The summed E-state index contributed by atoms with van der Waals surface area (Å²) < 4.78 is 5.59. The number of likely N-dealkylation sites (N-methyl/N-ethyl adjacent to an activating group) is 1. The number of nitrogens with zero attached hydrogens (tertiary/aromatic N) is 3. The van der Waals surface area contributed by atoms with Gasteiger partial charge in [-0.2, -0.15) is 0 Å². The molecule has 7 heteroatoms. The van der Waals surface area contributed by atoms with Crippen molar-refractivity contribution in [1.82, 2.24) is 20.5 Å². The molecule has 1 unspecified atom stereocenters. The topological polar surface area (TPSA) is 65.7 Å². The Morgan fingerprint density at radius 3 is 2.52 bits per heavy atom. The van der Waals surface area contributed by atoms with E-state index in [4.69, 9.17) is 4.42 Å². The Kier molecular flexibility index (Phi) is 10.4. The molecular formula is C20H32IN5O. The van der Waals surface area contributed by atoms with Crippen LogP contribution in [0.3, 0.4) is 0 Å². The monoisotopic (exact) mass is 485 g/mol. The van der Waals surface area contributed by atoms with E-state index >= 15 is 0 Å². The van der Waals surface area contributed by atoms with E-state index < -0.39 is 0 Å². The van der Waals surface area contributed by atoms with Crippen LogP contribution >= 0.6 is 24.0 Å². The molecule has 2 rings (SSSR count). The molecule has 0 radical (unpaired) electrons. The average Bonchev–Trinajstić information content (AvgIpc) is 2.95. The fourth-order valence-corrected chi connectivity index (χ4v) is 2.52. The van der Waals surface area contributed by atoms with Gasteiger partial charge >= 0.3 is 0 Å². The van der Waals surface area contributed by atoms with Gasteiger partial charge in [-0.15, -0.1) is 24.0 Å². The van der Waals surface area contributed by atoms with E-state index in [0.29, 0.717) is 18.5 Å². The van der Waals surface area contributed by atoms with Crippen LogP contribution in [0.1, 0.15) is 36.8 Å². The Labute approximate surface area is 179 Å². The van der Waals surface area contributed by atoms with Gasteiger partial charge in [-0.05, 0) is 40.3 Å². The molecule has 2 N–H and O–H groups in total. The highest BCUT2D eigenvalue weighted by Crippen LogP contribution is 2.09. The van der Waals surface area contributed by atoms with Crippen molar-refractivity contribution in [3.63, 3.8) is 0 Å². The summed E-state index contributed by atoms with van der Waals surface area (Å²) in [4.78, 5) is 11.3. The predicted octanol–water partition coefficient (Wildman–Crippen LogP) is 3.49. The molecule has 2 aromatic rings. The van der Waals surface area contributed by atoms with E-state index in [1.807, 2.05) is 19.9 Å². The number of aryl methyl sites for hydroxylation is 2. The number of oxazole rings is 1. The standard InChI is InChI=1S/C20H31N5O.HI/c1-6-21-20(23-13-19-24-16(3)17(4)26-19)22-12-15(2)25(5)14-18-10-8-7-9-11-18;/h7-11,15H,6,12-14H2,1-5H3,(H2,21,22,23);1H. The van der Waals surface area contributed by atoms with E-state index in [1.165, 1.54) is 5.56 Å². The number of hydrogen-bond donors (Lipinski definition) is 2. The van der Waals surface area contributed by atoms with Crippen LogP contribution in [0, 0.1) is 13.8 Å². The zero-order chi connectivity index (χ0) is 18.9. The fourth-order valence-electron chi connectivity index (χ4n) is 2.52. The second-order valence-electron chi connectivity index (χ2n) is 6.58.